The number of unbranched alkanes of at least 4 members (excludes halogenated alkanes) is 12. The number of carboxylic acids is 2. The summed E-state index contributed by atoms with van der Waals surface area (Å²) in [5, 5.41) is 33.9. The zero-order valence-corrected chi connectivity index (χ0v) is 30.9. The molecule has 0 aromatic rings. The Kier molecular flexibility index (Phi) is 21.5. The lowest BCUT2D eigenvalue weighted by molar-refractivity contribution is -0.141. The van der Waals surface area contributed by atoms with Crippen LogP contribution < -0.4 is 10.6 Å². The topological polar surface area (TPSA) is 153 Å². The molecule has 2 aliphatic heterocycles. The van der Waals surface area contributed by atoms with Crippen LogP contribution in [0.2, 0.25) is 0 Å². The number of aliphatic carboxylic acids is 2. The summed E-state index contributed by atoms with van der Waals surface area (Å²) < 4.78 is 0.166. The molecule has 0 saturated carbocycles. The Morgan fingerprint density at radius 2 is 1.18 bits per heavy atom. The maximum absolute atomic E-state index is 12.4. The second-order valence-corrected chi connectivity index (χ2v) is 21.0. The highest BCUT2D eigenvalue weighted by molar-refractivity contribution is 9.14. The molecule has 258 valence electrons. The molecule has 2 fully saturated rings. The van der Waals surface area contributed by atoms with Crippen LogP contribution in [0.1, 0.15) is 122 Å². The van der Waals surface area contributed by atoms with Crippen molar-refractivity contribution < 1.29 is 34.5 Å². The van der Waals surface area contributed by atoms with E-state index in [0.29, 0.717) is 32.2 Å². The van der Waals surface area contributed by atoms with Crippen LogP contribution in [-0.4, -0.2) is 59.0 Å². The van der Waals surface area contributed by atoms with Crippen molar-refractivity contribution in [2.24, 2.45) is 5.92 Å². The molecule has 2 atom stereocenters. The van der Waals surface area contributed by atoms with Crippen LogP contribution in [0.4, 0.5) is 0 Å². The Bertz CT molecular complexity index is 930. The van der Waals surface area contributed by atoms with Crippen LogP contribution >= 0.6 is 64.8 Å². The highest BCUT2D eigenvalue weighted by Gasteiger charge is 2.53. The first-order valence-electron chi connectivity index (χ1n) is 16.1. The molecule has 2 rings (SSSR count). The molecule has 0 unspecified atom stereocenters. The fraction of sp³-hybridized carbons (Fsp3) is 0.800. The van der Waals surface area contributed by atoms with Crippen LogP contribution in [-0.2, 0) is 19.2 Å². The number of amides is 2. The third-order valence-electron chi connectivity index (χ3n) is 7.56. The van der Waals surface area contributed by atoms with Gasteiger partial charge in [-0.05, 0) is 53.7 Å². The third-order valence-corrected chi connectivity index (χ3v) is 21.4. The molecule has 2 saturated heterocycles. The van der Waals surface area contributed by atoms with Gasteiger partial charge in [-0.2, -0.15) is 0 Å². The first kappa shape index (κ1) is 40.7. The Hall–Kier alpha value is -0.480. The molecule has 2 amide bonds. The summed E-state index contributed by atoms with van der Waals surface area (Å²) in [6.45, 7) is 4.02. The monoisotopic (exact) mass is 742 g/mol. The van der Waals surface area contributed by atoms with Crippen molar-refractivity contribution in [3.05, 3.63) is 12.3 Å². The van der Waals surface area contributed by atoms with Crippen LogP contribution in [0.25, 0.3) is 0 Å². The molecule has 15 heteroatoms. The number of hydrogen-bond acceptors (Lipinski definition) is 11. The van der Waals surface area contributed by atoms with Crippen molar-refractivity contribution >= 4 is 88.5 Å². The minimum atomic E-state index is -0.767. The first-order chi connectivity index (χ1) is 21.6. The van der Waals surface area contributed by atoms with Crippen molar-refractivity contribution in [1.82, 2.24) is 10.6 Å². The molecule has 2 heterocycles. The van der Waals surface area contributed by atoms with E-state index in [4.69, 9.17) is 5.11 Å². The lowest BCUT2D eigenvalue weighted by Crippen LogP contribution is -2.37. The summed E-state index contributed by atoms with van der Waals surface area (Å²) >= 11 is 0. The van der Waals surface area contributed by atoms with E-state index in [-0.39, 0.29) is 44.2 Å². The number of nitrogens with one attached hydrogen (secondary N) is 2. The van der Waals surface area contributed by atoms with E-state index < -0.39 is 23.9 Å². The highest BCUT2D eigenvalue weighted by Crippen LogP contribution is 2.84. The predicted octanol–water partition coefficient (Wildman–Crippen LogP) is 8.97. The van der Waals surface area contributed by atoms with Crippen molar-refractivity contribution in [2.45, 2.75) is 135 Å². The van der Waals surface area contributed by atoms with Crippen LogP contribution in [0.5, 0.6) is 0 Å². The predicted molar refractivity (Wildman–Crippen MR) is 195 cm³/mol. The van der Waals surface area contributed by atoms with E-state index in [0.717, 1.165) is 44.9 Å². The van der Waals surface area contributed by atoms with Gasteiger partial charge in [0.05, 0.1) is 16.5 Å². The van der Waals surface area contributed by atoms with Gasteiger partial charge in [-0.1, -0.05) is 120 Å². The maximum Gasteiger partial charge on any atom is 0.308 e. The van der Waals surface area contributed by atoms with Gasteiger partial charge in [0, 0.05) is 25.8 Å². The first-order valence-corrected chi connectivity index (χ1v) is 22.6. The summed E-state index contributed by atoms with van der Waals surface area (Å²) in [4.78, 5) is 47.0. The molecule has 0 aromatic heterocycles. The zero-order valence-electron chi connectivity index (χ0n) is 26.0. The molecule has 45 heavy (non-hydrogen) atoms. The van der Waals surface area contributed by atoms with Gasteiger partial charge < -0.3 is 26.0 Å². The maximum atomic E-state index is 12.4. The van der Waals surface area contributed by atoms with Crippen LogP contribution in [0.3, 0.4) is 0 Å². The van der Waals surface area contributed by atoms with Crippen molar-refractivity contribution in [2.75, 3.05) is 6.54 Å². The van der Waals surface area contributed by atoms with Crippen molar-refractivity contribution in [1.29, 1.82) is 0 Å². The second-order valence-electron chi connectivity index (χ2n) is 11.5. The SMILES string of the molecule is C=C(O)[C@H](CCC(=O)NCCCC[C@@H](C(=O)O)C1SSC2(SS1)SS2)NC(=O)CCCCCCCCCCCCCCC(=O)O. The second kappa shape index (κ2) is 23.8. The van der Waals surface area contributed by atoms with Crippen LogP contribution in [0, 0.1) is 5.92 Å². The van der Waals surface area contributed by atoms with Gasteiger partial charge in [-0.25, -0.2) is 0 Å². The van der Waals surface area contributed by atoms with Gasteiger partial charge in [-0.15, -0.1) is 0 Å². The van der Waals surface area contributed by atoms with E-state index in [1.165, 1.54) is 32.1 Å². The van der Waals surface area contributed by atoms with Gasteiger partial charge in [0.1, 0.15) is 5.76 Å². The average molecular weight is 743 g/mol. The van der Waals surface area contributed by atoms with E-state index in [9.17, 15) is 29.4 Å². The molecular weight excluding hydrogens is 693 g/mol. The average Bonchev–Trinajstić information content (AvgIpc) is 3.75. The van der Waals surface area contributed by atoms with Crippen molar-refractivity contribution in [3.63, 3.8) is 0 Å². The summed E-state index contributed by atoms with van der Waals surface area (Å²) in [6, 6.07) is -0.662. The van der Waals surface area contributed by atoms with Crippen LogP contribution in [0.15, 0.2) is 12.3 Å². The van der Waals surface area contributed by atoms with Gasteiger partial charge in [0.25, 0.3) is 0 Å². The minimum absolute atomic E-state index is 0.0139. The van der Waals surface area contributed by atoms with E-state index in [1.54, 1.807) is 43.2 Å². The quantitative estimate of drug-likeness (QED) is 0.0236. The van der Waals surface area contributed by atoms with Gasteiger partial charge >= 0.3 is 11.9 Å². The van der Waals surface area contributed by atoms with Gasteiger partial charge in [0.2, 0.25) is 11.8 Å². The summed E-state index contributed by atoms with van der Waals surface area (Å²) in [6.07, 6.45) is 15.9. The van der Waals surface area contributed by atoms with Crippen molar-refractivity contribution in [3.8, 4) is 0 Å². The minimum Gasteiger partial charge on any atom is -0.511 e. The fourth-order valence-electron chi connectivity index (χ4n) is 4.84. The van der Waals surface area contributed by atoms with Gasteiger partial charge in [0.15, 0.2) is 2.74 Å². The smallest absolute Gasteiger partial charge is 0.308 e. The largest absolute Gasteiger partial charge is 0.511 e. The Balaban J connectivity index is 1.45. The number of carboxylic acid groups (broad SMARTS) is 2. The number of carbonyl (C=O) groups excluding carboxylic acids is 2. The number of aliphatic hydroxyl groups is 1. The lowest BCUT2D eigenvalue weighted by Gasteiger charge is -2.27. The molecule has 0 bridgehead atoms. The molecule has 5 N–H and O–H groups in total. The molecule has 0 aromatic carbocycles. The number of carbonyl (C=O) groups is 4. The van der Waals surface area contributed by atoms with E-state index in [1.807, 2.05) is 21.6 Å². The van der Waals surface area contributed by atoms with Gasteiger partial charge in [-0.3, -0.25) is 19.2 Å². The molecule has 1 spiro atoms. The number of hydrogen-bond donors (Lipinski definition) is 5. The molecule has 9 nitrogen and oxygen atoms in total. The Labute approximate surface area is 292 Å². The fourth-order valence-corrected chi connectivity index (χ4v) is 18.7. The standard InChI is InChI=1S/C30H50N2O7S6/c1-22(33)24(32-26(35)17-12-10-8-6-4-2-3-5-7-9-11-13-18-27(36)37)19-20-25(34)31-21-15-14-16-23(28(38)39)29-40-42-30(43-41-29)44-45-30/h23-24,29,33H,1-21H2,(H,31,34)(H,32,35)(H,36,37)(H,38,39)/t23-,24-/m0/s1. The van der Waals surface area contributed by atoms with E-state index >= 15 is 0 Å². The Morgan fingerprint density at radius 3 is 1.67 bits per heavy atom. The van der Waals surface area contributed by atoms with E-state index in [2.05, 4.69) is 17.2 Å². The summed E-state index contributed by atoms with van der Waals surface area (Å²) in [5.74, 6) is -2.37. The zero-order chi connectivity index (χ0) is 32.9. The summed E-state index contributed by atoms with van der Waals surface area (Å²) in [5.41, 5.74) is 0. The number of rotatable bonds is 27. The summed E-state index contributed by atoms with van der Waals surface area (Å²) in [7, 11) is 10.5. The highest BCUT2D eigenvalue weighted by atomic mass is 33.2. The lowest BCUT2D eigenvalue weighted by atomic mass is 10.0. The molecule has 0 radical (unpaired) electrons. The Morgan fingerprint density at radius 1 is 0.644 bits per heavy atom. The third kappa shape index (κ3) is 19.2. The number of aliphatic hydroxyl groups excluding tert-OH is 1. The molecule has 2 aliphatic rings. The normalized spacial score (nSPS) is 17.0. The molecule has 0 aliphatic carbocycles. The molecular formula is C30H50N2O7S6.